The van der Waals surface area contributed by atoms with Gasteiger partial charge in [-0.2, -0.15) is 0 Å². The van der Waals surface area contributed by atoms with Gasteiger partial charge in [-0.3, -0.25) is 9.69 Å². The quantitative estimate of drug-likeness (QED) is 0.916. The van der Waals surface area contributed by atoms with E-state index in [1.165, 1.54) is 31.5 Å². The Balaban J connectivity index is 1.53. The Labute approximate surface area is 120 Å². The Morgan fingerprint density at radius 1 is 1.20 bits per heavy atom. The van der Waals surface area contributed by atoms with Gasteiger partial charge in [-0.05, 0) is 56.5 Å². The molecule has 4 heteroatoms. The van der Waals surface area contributed by atoms with E-state index in [-0.39, 0.29) is 12.0 Å². The zero-order valence-electron chi connectivity index (χ0n) is 11.8. The number of nitrogens with zero attached hydrogens (tertiary/aromatic N) is 1. The van der Waals surface area contributed by atoms with Crippen LogP contribution in [-0.2, 0) is 16.1 Å². The number of rotatable bonds is 4. The van der Waals surface area contributed by atoms with Crippen LogP contribution < -0.4 is 5.32 Å². The Kier molecular flexibility index (Phi) is 4.33. The van der Waals surface area contributed by atoms with Crippen molar-refractivity contribution in [1.29, 1.82) is 0 Å². The molecule has 0 aromatic heterocycles. The van der Waals surface area contributed by atoms with E-state index in [4.69, 9.17) is 4.74 Å². The standard InChI is InChI=1S/C16H22N2O2/c19-16(15-4-3-11-20-15)17-14-7-5-13(6-8-14)12-18-9-1-2-10-18/h5-8,15H,1-4,9-12H2,(H,17,19). The monoisotopic (exact) mass is 274 g/mol. The van der Waals surface area contributed by atoms with Crippen LogP contribution in [0.5, 0.6) is 0 Å². The predicted octanol–water partition coefficient (Wildman–Crippen LogP) is 2.40. The molecule has 1 N–H and O–H groups in total. The lowest BCUT2D eigenvalue weighted by Gasteiger charge is -2.15. The molecular weight excluding hydrogens is 252 g/mol. The second-order valence-corrected chi connectivity index (χ2v) is 5.67. The summed E-state index contributed by atoms with van der Waals surface area (Å²) in [5.41, 5.74) is 2.16. The van der Waals surface area contributed by atoms with Gasteiger partial charge in [0.2, 0.25) is 0 Å². The lowest BCUT2D eigenvalue weighted by atomic mass is 10.2. The molecule has 0 bridgehead atoms. The topological polar surface area (TPSA) is 41.6 Å². The van der Waals surface area contributed by atoms with E-state index in [1.54, 1.807) is 0 Å². The zero-order chi connectivity index (χ0) is 13.8. The van der Waals surface area contributed by atoms with Gasteiger partial charge in [0.15, 0.2) is 0 Å². The highest BCUT2D eigenvalue weighted by atomic mass is 16.5. The summed E-state index contributed by atoms with van der Waals surface area (Å²) in [6.07, 6.45) is 4.18. The third kappa shape index (κ3) is 3.38. The number of ether oxygens (including phenoxy) is 1. The van der Waals surface area contributed by atoms with E-state index in [0.29, 0.717) is 6.61 Å². The Bertz CT molecular complexity index is 446. The van der Waals surface area contributed by atoms with E-state index >= 15 is 0 Å². The molecule has 1 amide bonds. The van der Waals surface area contributed by atoms with Crippen LogP contribution in [0.3, 0.4) is 0 Å². The second kappa shape index (κ2) is 6.37. The molecule has 108 valence electrons. The first kappa shape index (κ1) is 13.6. The van der Waals surface area contributed by atoms with Crippen LogP contribution in [0, 0.1) is 0 Å². The largest absolute Gasteiger partial charge is 0.368 e. The third-order valence-electron chi connectivity index (χ3n) is 4.05. The first-order valence-electron chi connectivity index (χ1n) is 7.55. The molecule has 1 atom stereocenters. The molecule has 0 spiro atoms. The van der Waals surface area contributed by atoms with Crippen molar-refractivity contribution in [2.75, 3.05) is 25.0 Å². The number of nitrogens with one attached hydrogen (secondary N) is 1. The fourth-order valence-electron chi connectivity index (χ4n) is 2.90. The summed E-state index contributed by atoms with van der Waals surface area (Å²) in [5, 5.41) is 2.93. The van der Waals surface area contributed by atoms with E-state index in [1.807, 2.05) is 12.1 Å². The van der Waals surface area contributed by atoms with Crippen molar-refractivity contribution in [3.63, 3.8) is 0 Å². The summed E-state index contributed by atoms with van der Waals surface area (Å²) in [6, 6.07) is 8.17. The van der Waals surface area contributed by atoms with Gasteiger partial charge in [0.25, 0.3) is 5.91 Å². The number of carbonyl (C=O) groups excluding carboxylic acids is 1. The fourth-order valence-corrected chi connectivity index (χ4v) is 2.90. The van der Waals surface area contributed by atoms with Crippen LogP contribution in [0.1, 0.15) is 31.2 Å². The molecule has 2 saturated heterocycles. The van der Waals surface area contributed by atoms with Crippen LogP contribution in [0.15, 0.2) is 24.3 Å². The molecule has 20 heavy (non-hydrogen) atoms. The molecule has 0 saturated carbocycles. The number of amides is 1. The molecule has 4 nitrogen and oxygen atoms in total. The number of hydrogen-bond donors (Lipinski definition) is 1. The van der Waals surface area contributed by atoms with Crippen molar-refractivity contribution in [2.45, 2.75) is 38.3 Å². The molecule has 3 rings (SSSR count). The van der Waals surface area contributed by atoms with Gasteiger partial charge in [0, 0.05) is 18.8 Å². The predicted molar refractivity (Wildman–Crippen MR) is 78.6 cm³/mol. The Morgan fingerprint density at radius 2 is 1.95 bits per heavy atom. The summed E-state index contributed by atoms with van der Waals surface area (Å²) in [4.78, 5) is 14.4. The lowest BCUT2D eigenvalue weighted by molar-refractivity contribution is -0.124. The molecule has 0 aliphatic carbocycles. The van der Waals surface area contributed by atoms with Gasteiger partial charge in [-0.15, -0.1) is 0 Å². The van der Waals surface area contributed by atoms with Crippen LogP contribution >= 0.6 is 0 Å². The molecule has 2 fully saturated rings. The second-order valence-electron chi connectivity index (χ2n) is 5.67. The van der Waals surface area contributed by atoms with Crippen LogP contribution in [0.4, 0.5) is 5.69 Å². The van der Waals surface area contributed by atoms with Gasteiger partial charge < -0.3 is 10.1 Å². The number of likely N-dealkylation sites (tertiary alicyclic amines) is 1. The normalized spacial score (nSPS) is 23.1. The average molecular weight is 274 g/mol. The molecule has 2 aliphatic rings. The van der Waals surface area contributed by atoms with E-state index in [0.717, 1.165) is 25.1 Å². The van der Waals surface area contributed by atoms with Crippen LogP contribution in [0.25, 0.3) is 0 Å². The van der Waals surface area contributed by atoms with Gasteiger partial charge in [0.1, 0.15) is 6.10 Å². The molecule has 1 aromatic carbocycles. The first-order valence-corrected chi connectivity index (χ1v) is 7.55. The number of hydrogen-bond acceptors (Lipinski definition) is 3. The zero-order valence-corrected chi connectivity index (χ0v) is 11.8. The highest BCUT2D eigenvalue weighted by Crippen LogP contribution is 2.17. The lowest BCUT2D eigenvalue weighted by Crippen LogP contribution is -2.26. The highest BCUT2D eigenvalue weighted by Gasteiger charge is 2.23. The minimum absolute atomic E-state index is 0.0187. The first-order chi connectivity index (χ1) is 9.81. The van der Waals surface area contributed by atoms with Crippen molar-refractivity contribution in [1.82, 2.24) is 4.90 Å². The van der Waals surface area contributed by atoms with Gasteiger partial charge >= 0.3 is 0 Å². The van der Waals surface area contributed by atoms with Gasteiger partial charge in [0.05, 0.1) is 0 Å². The van der Waals surface area contributed by atoms with Gasteiger partial charge in [-0.25, -0.2) is 0 Å². The fraction of sp³-hybridized carbons (Fsp3) is 0.562. The summed E-state index contributed by atoms with van der Waals surface area (Å²) in [6.45, 7) is 4.13. The maximum Gasteiger partial charge on any atom is 0.253 e. The smallest absolute Gasteiger partial charge is 0.253 e. The van der Waals surface area contributed by atoms with Crippen molar-refractivity contribution in [3.05, 3.63) is 29.8 Å². The Hall–Kier alpha value is -1.39. The number of benzene rings is 1. The van der Waals surface area contributed by atoms with E-state index < -0.39 is 0 Å². The maximum atomic E-state index is 11.9. The maximum absolute atomic E-state index is 11.9. The van der Waals surface area contributed by atoms with Crippen LogP contribution in [-0.4, -0.2) is 36.6 Å². The third-order valence-corrected chi connectivity index (χ3v) is 4.05. The SMILES string of the molecule is O=C(Nc1ccc(CN2CCCC2)cc1)C1CCCO1. The minimum Gasteiger partial charge on any atom is -0.368 e. The van der Waals surface area contributed by atoms with Crippen molar-refractivity contribution < 1.29 is 9.53 Å². The van der Waals surface area contributed by atoms with E-state index in [2.05, 4.69) is 22.3 Å². The number of carbonyl (C=O) groups is 1. The summed E-state index contributed by atoms with van der Waals surface area (Å²) >= 11 is 0. The van der Waals surface area contributed by atoms with Crippen molar-refractivity contribution in [2.24, 2.45) is 0 Å². The van der Waals surface area contributed by atoms with Crippen LogP contribution in [0.2, 0.25) is 0 Å². The molecule has 2 aliphatic heterocycles. The van der Waals surface area contributed by atoms with E-state index in [9.17, 15) is 4.79 Å². The summed E-state index contributed by atoms with van der Waals surface area (Å²) in [5.74, 6) is -0.0187. The average Bonchev–Trinajstić information content (AvgIpc) is 3.13. The minimum atomic E-state index is -0.265. The molecular formula is C16H22N2O2. The van der Waals surface area contributed by atoms with Crippen molar-refractivity contribution in [3.8, 4) is 0 Å². The molecule has 1 aromatic rings. The summed E-state index contributed by atoms with van der Waals surface area (Å²) < 4.78 is 5.38. The molecule has 0 radical (unpaired) electrons. The number of anilines is 1. The van der Waals surface area contributed by atoms with Crippen molar-refractivity contribution >= 4 is 11.6 Å². The molecule has 1 unspecified atom stereocenters. The van der Waals surface area contributed by atoms with Gasteiger partial charge in [-0.1, -0.05) is 12.1 Å². The Morgan fingerprint density at radius 3 is 2.60 bits per heavy atom. The molecule has 2 heterocycles. The summed E-state index contributed by atoms with van der Waals surface area (Å²) in [7, 11) is 0. The highest BCUT2D eigenvalue weighted by molar-refractivity contribution is 5.94.